The third kappa shape index (κ3) is 1.88. The lowest BCUT2D eigenvalue weighted by molar-refractivity contribution is 0.628. The Balaban J connectivity index is 1.76. The van der Waals surface area contributed by atoms with E-state index in [9.17, 15) is 0 Å². The quantitative estimate of drug-likeness (QED) is 0.362. The number of benzene rings is 3. The normalized spacial score (nSPS) is 11.7. The lowest BCUT2D eigenvalue weighted by Gasteiger charge is -1.96. The van der Waals surface area contributed by atoms with Gasteiger partial charge >= 0.3 is 0 Å². The molecule has 0 atom stereocenters. The number of hydrogen-bond donors (Lipinski definition) is 0. The second-order valence-electron chi connectivity index (χ2n) is 5.96. The Hall–Kier alpha value is -3.00. The standard InChI is InChI=1S/C21H14O2/c1-13-6-8-14(9-7-13)19-11-15-10-17-16-4-2-3-5-18(16)22-21(17)12-20(15)23-19/h2-12H,1H3. The highest BCUT2D eigenvalue weighted by atomic mass is 16.3. The van der Waals surface area contributed by atoms with Gasteiger partial charge in [-0.1, -0.05) is 48.0 Å². The van der Waals surface area contributed by atoms with Crippen LogP contribution in [0.15, 0.2) is 75.6 Å². The van der Waals surface area contributed by atoms with Crippen LogP contribution in [0.25, 0.3) is 44.2 Å². The summed E-state index contributed by atoms with van der Waals surface area (Å²) in [5.74, 6) is 0.886. The molecule has 23 heavy (non-hydrogen) atoms. The van der Waals surface area contributed by atoms with Crippen molar-refractivity contribution in [2.45, 2.75) is 6.92 Å². The summed E-state index contributed by atoms with van der Waals surface area (Å²) in [4.78, 5) is 0. The van der Waals surface area contributed by atoms with E-state index < -0.39 is 0 Å². The average Bonchev–Trinajstić information content (AvgIpc) is 3.13. The molecule has 110 valence electrons. The summed E-state index contributed by atoms with van der Waals surface area (Å²) in [6.07, 6.45) is 0. The van der Waals surface area contributed by atoms with Gasteiger partial charge in [0, 0.05) is 27.8 Å². The van der Waals surface area contributed by atoms with Crippen LogP contribution >= 0.6 is 0 Å². The lowest BCUT2D eigenvalue weighted by Crippen LogP contribution is -1.74. The topological polar surface area (TPSA) is 26.3 Å². The van der Waals surface area contributed by atoms with Crippen LogP contribution < -0.4 is 0 Å². The Kier molecular flexibility index (Phi) is 2.45. The molecule has 0 saturated carbocycles. The fourth-order valence-corrected chi connectivity index (χ4v) is 3.12. The molecule has 2 heteroatoms. The summed E-state index contributed by atoms with van der Waals surface area (Å²) in [7, 11) is 0. The average molecular weight is 298 g/mol. The molecule has 0 saturated heterocycles. The number of furan rings is 2. The van der Waals surface area contributed by atoms with E-state index in [0.29, 0.717) is 0 Å². The van der Waals surface area contributed by atoms with E-state index in [-0.39, 0.29) is 0 Å². The molecule has 0 radical (unpaired) electrons. The third-order valence-corrected chi connectivity index (χ3v) is 4.35. The van der Waals surface area contributed by atoms with E-state index in [0.717, 1.165) is 44.2 Å². The number of fused-ring (bicyclic) bond motifs is 4. The zero-order valence-electron chi connectivity index (χ0n) is 12.7. The van der Waals surface area contributed by atoms with Gasteiger partial charge in [-0.05, 0) is 25.1 Å². The van der Waals surface area contributed by atoms with Gasteiger partial charge in [0.2, 0.25) is 0 Å². The molecular formula is C21H14O2. The Morgan fingerprint density at radius 3 is 2.35 bits per heavy atom. The van der Waals surface area contributed by atoms with Gasteiger partial charge in [-0.25, -0.2) is 0 Å². The summed E-state index contributed by atoms with van der Waals surface area (Å²) in [6.45, 7) is 2.09. The maximum Gasteiger partial charge on any atom is 0.139 e. The minimum Gasteiger partial charge on any atom is -0.456 e. The smallest absolute Gasteiger partial charge is 0.139 e. The largest absolute Gasteiger partial charge is 0.456 e. The van der Waals surface area contributed by atoms with E-state index in [1.807, 2.05) is 24.3 Å². The van der Waals surface area contributed by atoms with Crippen molar-refractivity contribution in [2.75, 3.05) is 0 Å². The summed E-state index contributed by atoms with van der Waals surface area (Å²) >= 11 is 0. The predicted octanol–water partition coefficient (Wildman–Crippen LogP) is 6.31. The van der Waals surface area contributed by atoms with E-state index >= 15 is 0 Å². The van der Waals surface area contributed by atoms with Crippen molar-refractivity contribution in [1.29, 1.82) is 0 Å². The molecule has 0 amide bonds. The van der Waals surface area contributed by atoms with Crippen LogP contribution in [-0.2, 0) is 0 Å². The molecule has 0 bridgehead atoms. The first kappa shape index (κ1) is 12.5. The molecule has 0 aliphatic carbocycles. The molecule has 5 rings (SSSR count). The zero-order chi connectivity index (χ0) is 15.4. The van der Waals surface area contributed by atoms with Crippen molar-refractivity contribution in [2.24, 2.45) is 0 Å². The van der Waals surface area contributed by atoms with Crippen LogP contribution in [0.2, 0.25) is 0 Å². The molecule has 2 aromatic heterocycles. The fourth-order valence-electron chi connectivity index (χ4n) is 3.12. The SMILES string of the molecule is Cc1ccc(-c2cc3cc4c(cc3o2)oc2ccccc24)cc1. The molecule has 5 aromatic rings. The van der Waals surface area contributed by atoms with Crippen LogP contribution in [0.5, 0.6) is 0 Å². The molecule has 0 N–H and O–H groups in total. The maximum absolute atomic E-state index is 6.04. The van der Waals surface area contributed by atoms with E-state index in [4.69, 9.17) is 8.83 Å². The zero-order valence-corrected chi connectivity index (χ0v) is 12.7. The van der Waals surface area contributed by atoms with Gasteiger partial charge < -0.3 is 8.83 Å². The monoisotopic (exact) mass is 298 g/mol. The van der Waals surface area contributed by atoms with Gasteiger partial charge in [0.05, 0.1) is 0 Å². The fraction of sp³-hybridized carbons (Fsp3) is 0.0476. The van der Waals surface area contributed by atoms with Gasteiger partial charge in [0.1, 0.15) is 22.5 Å². The maximum atomic E-state index is 6.04. The van der Waals surface area contributed by atoms with Crippen LogP contribution in [0.3, 0.4) is 0 Å². The molecule has 0 fully saturated rings. The van der Waals surface area contributed by atoms with Crippen molar-refractivity contribution < 1.29 is 8.83 Å². The Bertz CT molecular complexity index is 1160. The first-order valence-electron chi connectivity index (χ1n) is 7.70. The minimum atomic E-state index is 0.854. The van der Waals surface area contributed by atoms with Crippen LogP contribution in [-0.4, -0.2) is 0 Å². The second kappa shape index (κ2) is 4.50. The third-order valence-electron chi connectivity index (χ3n) is 4.35. The van der Waals surface area contributed by atoms with E-state index in [1.165, 1.54) is 5.56 Å². The summed E-state index contributed by atoms with van der Waals surface area (Å²) < 4.78 is 12.0. The molecular weight excluding hydrogens is 284 g/mol. The minimum absolute atomic E-state index is 0.854. The van der Waals surface area contributed by atoms with Gasteiger partial charge in [0.25, 0.3) is 0 Å². The Labute approximate surface area is 132 Å². The summed E-state index contributed by atoms with van der Waals surface area (Å²) in [5.41, 5.74) is 4.96. The molecule has 2 nitrogen and oxygen atoms in total. The number of hydrogen-bond acceptors (Lipinski definition) is 2. The number of aryl methyl sites for hydroxylation is 1. The lowest BCUT2D eigenvalue weighted by atomic mass is 10.1. The molecule has 0 aliphatic rings. The molecule has 2 heterocycles. The van der Waals surface area contributed by atoms with Gasteiger partial charge in [-0.15, -0.1) is 0 Å². The highest BCUT2D eigenvalue weighted by Crippen LogP contribution is 2.35. The second-order valence-corrected chi connectivity index (χ2v) is 5.96. The number of para-hydroxylation sites is 1. The van der Waals surface area contributed by atoms with Crippen LogP contribution in [0.4, 0.5) is 0 Å². The summed E-state index contributed by atoms with van der Waals surface area (Å²) in [5, 5.41) is 3.37. The van der Waals surface area contributed by atoms with Crippen molar-refractivity contribution in [1.82, 2.24) is 0 Å². The summed E-state index contributed by atoms with van der Waals surface area (Å²) in [6, 6.07) is 22.7. The first-order chi connectivity index (χ1) is 11.3. The molecule has 0 aliphatic heterocycles. The van der Waals surface area contributed by atoms with Crippen LogP contribution in [0, 0.1) is 6.92 Å². The number of rotatable bonds is 1. The highest BCUT2D eigenvalue weighted by molar-refractivity contribution is 6.09. The molecule has 3 aromatic carbocycles. The van der Waals surface area contributed by atoms with Gasteiger partial charge in [-0.2, -0.15) is 0 Å². The van der Waals surface area contributed by atoms with Gasteiger partial charge in [0.15, 0.2) is 0 Å². The van der Waals surface area contributed by atoms with Crippen molar-refractivity contribution in [3.05, 3.63) is 72.3 Å². The van der Waals surface area contributed by atoms with Gasteiger partial charge in [-0.3, -0.25) is 0 Å². The van der Waals surface area contributed by atoms with Crippen LogP contribution in [0.1, 0.15) is 5.56 Å². The molecule has 0 spiro atoms. The Morgan fingerprint density at radius 1 is 0.652 bits per heavy atom. The highest BCUT2D eigenvalue weighted by Gasteiger charge is 2.12. The first-order valence-corrected chi connectivity index (χ1v) is 7.70. The Morgan fingerprint density at radius 2 is 1.48 bits per heavy atom. The van der Waals surface area contributed by atoms with Crippen molar-refractivity contribution in [3.63, 3.8) is 0 Å². The molecule has 0 unspecified atom stereocenters. The van der Waals surface area contributed by atoms with Crippen molar-refractivity contribution in [3.8, 4) is 11.3 Å². The van der Waals surface area contributed by atoms with E-state index in [2.05, 4.69) is 49.4 Å². The predicted molar refractivity (Wildman–Crippen MR) is 93.7 cm³/mol. The van der Waals surface area contributed by atoms with E-state index in [1.54, 1.807) is 0 Å². The van der Waals surface area contributed by atoms with Crippen molar-refractivity contribution >= 4 is 32.9 Å².